The van der Waals surface area contributed by atoms with Crippen LogP contribution in [-0.2, 0) is 0 Å². The smallest absolute Gasteiger partial charge is 0.408 e. The van der Waals surface area contributed by atoms with Crippen LogP contribution in [0.2, 0.25) is 5.02 Å². The van der Waals surface area contributed by atoms with E-state index in [0.29, 0.717) is 34.4 Å². The maximum Gasteiger partial charge on any atom is 0.408 e. The van der Waals surface area contributed by atoms with E-state index < -0.39 is 17.9 Å². The van der Waals surface area contributed by atoms with E-state index in [1.807, 2.05) is 0 Å². The summed E-state index contributed by atoms with van der Waals surface area (Å²) in [5.74, 6) is -3.16. The molecule has 4 rings (SSSR count). The van der Waals surface area contributed by atoms with Crippen LogP contribution < -0.4 is 19.7 Å². The molecule has 11 heteroatoms. The number of aliphatic hydroxyl groups is 1. The molecular formula is C23H21ClF2N3O4P. The predicted octanol–water partition coefficient (Wildman–Crippen LogP) is 5.07. The first-order valence-electron chi connectivity index (χ1n) is 10.3. The fourth-order valence-electron chi connectivity index (χ4n) is 3.50. The highest BCUT2D eigenvalue weighted by atomic mass is 35.5. The van der Waals surface area contributed by atoms with Crippen LogP contribution in [0, 0.1) is 0 Å². The number of nitrogens with one attached hydrogen (secondary N) is 1. The Hall–Kier alpha value is -3.00. The van der Waals surface area contributed by atoms with Gasteiger partial charge >= 0.3 is 5.85 Å². The molecule has 0 fully saturated rings. The van der Waals surface area contributed by atoms with Crippen LogP contribution in [0.3, 0.4) is 0 Å². The number of nitrogens with zero attached hydrogens (tertiary/aromatic N) is 2. The Labute approximate surface area is 201 Å². The third-order valence-corrected chi connectivity index (χ3v) is 5.39. The van der Waals surface area contributed by atoms with Gasteiger partial charge in [0.2, 0.25) is 0 Å². The van der Waals surface area contributed by atoms with Crippen LogP contribution in [-0.4, -0.2) is 41.1 Å². The Kier molecular flexibility index (Phi) is 7.16. The van der Waals surface area contributed by atoms with Crippen LogP contribution in [0.15, 0.2) is 60.8 Å². The fraction of sp³-hybridized carbons (Fsp3) is 0.217. The van der Waals surface area contributed by atoms with Crippen LogP contribution >= 0.6 is 20.8 Å². The summed E-state index contributed by atoms with van der Waals surface area (Å²) in [6, 6.07) is 14.0. The quantitative estimate of drug-likeness (QED) is 0.469. The molecule has 1 aliphatic rings. The van der Waals surface area contributed by atoms with Gasteiger partial charge in [-0.25, -0.2) is 4.98 Å². The van der Waals surface area contributed by atoms with Crippen molar-refractivity contribution in [3.05, 3.63) is 71.4 Å². The van der Waals surface area contributed by atoms with Crippen molar-refractivity contribution in [1.29, 1.82) is 0 Å². The number of hydrogen-bond donors (Lipinski definition) is 2. The van der Waals surface area contributed by atoms with Gasteiger partial charge in [-0.15, -0.1) is 0 Å². The van der Waals surface area contributed by atoms with Gasteiger partial charge in [-0.2, -0.15) is 8.78 Å². The highest BCUT2D eigenvalue weighted by molar-refractivity contribution is 7.17. The van der Waals surface area contributed by atoms with Gasteiger partial charge in [-0.1, -0.05) is 17.7 Å². The number of benzene rings is 2. The highest BCUT2D eigenvalue weighted by Crippen LogP contribution is 2.40. The Bertz CT molecular complexity index is 1180. The Morgan fingerprint density at radius 3 is 2.71 bits per heavy atom. The number of aromatic nitrogens is 1. The Morgan fingerprint density at radius 2 is 2.00 bits per heavy atom. The summed E-state index contributed by atoms with van der Waals surface area (Å²) in [5.41, 5.74) is 1.16. The molecule has 3 aromatic rings. The van der Waals surface area contributed by atoms with Crippen molar-refractivity contribution < 1.29 is 28.2 Å². The second-order valence-corrected chi connectivity index (χ2v) is 8.59. The second-order valence-electron chi connectivity index (χ2n) is 7.51. The molecule has 0 aliphatic carbocycles. The summed E-state index contributed by atoms with van der Waals surface area (Å²) in [6.07, 6.45) is 1.24. The van der Waals surface area contributed by atoms with Gasteiger partial charge in [0.25, 0.3) is 5.91 Å². The van der Waals surface area contributed by atoms with Crippen molar-refractivity contribution in [3.8, 4) is 11.5 Å². The van der Waals surface area contributed by atoms with E-state index in [1.54, 1.807) is 41.4 Å². The molecule has 2 atom stereocenters. The summed E-state index contributed by atoms with van der Waals surface area (Å²) in [6.45, 7) is 0.414. The van der Waals surface area contributed by atoms with E-state index in [9.17, 15) is 18.7 Å². The van der Waals surface area contributed by atoms with E-state index in [2.05, 4.69) is 15.0 Å². The zero-order valence-corrected chi connectivity index (χ0v) is 19.7. The van der Waals surface area contributed by atoms with Gasteiger partial charge in [-0.3, -0.25) is 4.79 Å². The summed E-state index contributed by atoms with van der Waals surface area (Å²) in [4.78, 5) is 19.2. The lowest BCUT2D eigenvalue weighted by Gasteiger charge is -2.31. The van der Waals surface area contributed by atoms with Crippen molar-refractivity contribution >= 4 is 43.9 Å². The molecule has 1 aliphatic heterocycles. The average molecular weight is 508 g/mol. The summed E-state index contributed by atoms with van der Waals surface area (Å²) >= 11 is 6.36. The minimum absolute atomic E-state index is 0.0485. The minimum atomic E-state index is -3.39. The number of anilines is 3. The van der Waals surface area contributed by atoms with Crippen LogP contribution in [0.1, 0.15) is 16.8 Å². The molecule has 2 N–H and O–H groups in total. The number of halogens is 3. The number of carbonyl (C=O) groups excluding carboxylic acids is 1. The largest absolute Gasteiger partial charge is 0.490 e. The number of alkyl halides is 2. The number of rotatable bonds is 5. The topological polar surface area (TPSA) is 83.9 Å². The molecule has 2 aromatic carbocycles. The molecule has 1 aromatic heterocycles. The molecule has 7 nitrogen and oxygen atoms in total. The van der Waals surface area contributed by atoms with Gasteiger partial charge in [0.15, 0.2) is 11.6 Å². The Balaban J connectivity index is 1.64. The van der Waals surface area contributed by atoms with Crippen LogP contribution in [0.25, 0.3) is 0 Å². The zero-order chi connectivity index (χ0) is 24.3. The molecule has 0 bridgehead atoms. The minimum Gasteiger partial charge on any atom is -0.490 e. The first-order chi connectivity index (χ1) is 16.2. The van der Waals surface area contributed by atoms with Crippen molar-refractivity contribution in [1.82, 2.24) is 4.98 Å². The van der Waals surface area contributed by atoms with Crippen molar-refractivity contribution in [3.63, 3.8) is 0 Å². The third kappa shape index (κ3) is 5.73. The maximum atomic E-state index is 13.1. The predicted molar refractivity (Wildman–Crippen MR) is 128 cm³/mol. The fourth-order valence-corrected chi connectivity index (χ4v) is 3.86. The van der Waals surface area contributed by atoms with Crippen molar-refractivity contribution in [2.24, 2.45) is 0 Å². The van der Waals surface area contributed by atoms with E-state index in [4.69, 9.17) is 16.3 Å². The first kappa shape index (κ1) is 24.1. The van der Waals surface area contributed by atoms with Gasteiger partial charge in [0, 0.05) is 18.3 Å². The SMILES string of the molecule is O=C(Nc1ccc(OC(F)(F)P)cc1)c1cccc2c1OCCC(O)CN2c1ncccc1Cl. The monoisotopic (exact) mass is 507 g/mol. The molecule has 0 saturated heterocycles. The number of β-amino-alcohol motifs (C(OH)–C–C–N with tert-alkyl or cyclic N) is 1. The lowest BCUT2D eigenvalue weighted by molar-refractivity contribution is -0.0892. The van der Waals surface area contributed by atoms with E-state index in [-0.39, 0.29) is 24.5 Å². The van der Waals surface area contributed by atoms with Gasteiger partial charge in [0.1, 0.15) is 5.75 Å². The van der Waals surface area contributed by atoms with Gasteiger partial charge < -0.3 is 24.8 Å². The summed E-state index contributed by atoms with van der Waals surface area (Å²) in [5, 5.41) is 13.5. The number of amides is 1. The molecule has 2 unspecified atom stereocenters. The van der Waals surface area contributed by atoms with Crippen LogP contribution in [0.4, 0.5) is 26.0 Å². The number of fused-ring (bicyclic) bond motifs is 1. The van der Waals surface area contributed by atoms with E-state index in [0.717, 1.165) is 0 Å². The lowest BCUT2D eigenvalue weighted by atomic mass is 10.1. The van der Waals surface area contributed by atoms with Crippen molar-refractivity contribution in [2.45, 2.75) is 18.4 Å². The first-order valence-corrected chi connectivity index (χ1v) is 11.3. The summed E-state index contributed by atoms with van der Waals surface area (Å²) < 4.78 is 36.4. The lowest BCUT2D eigenvalue weighted by Crippen LogP contribution is -2.33. The number of carbonyl (C=O) groups is 1. The van der Waals surface area contributed by atoms with Gasteiger partial charge in [-0.05, 0) is 57.8 Å². The van der Waals surface area contributed by atoms with Crippen LogP contribution in [0.5, 0.6) is 11.5 Å². The zero-order valence-electron chi connectivity index (χ0n) is 17.7. The standard InChI is InChI=1S/C23H21ClF2N3O4P/c24-18-4-2-11-27-21(18)29-13-15(30)10-12-32-20-17(3-1-5-19(20)29)22(31)28-14-6-8-16(9-7-14)33-23(25,26)34/h1-9,11,15,30H,10,12-13,34H2,(H,28,31). The number of aliphatic hydroxyl groups excluding tert-OH is 1. The van der Waals surface area contributed by atoms with Crippen molar-refractivity contribution in [2.75, 3.05) is 23.4 Å². The number of hydrogen-bond acceptors (Lipinski definition) is 6. The van der Waals surface area contributed by atoms with E-state index >= 15 is 0 Å². The highest BCUT2D eigenvalue weighted by Gasteiger charge is 2.27. The van der Waals surface area contributed by atoms with E-state index in [1.165, 1.54) is 33.5 Å². The Morgan fingerprint density at radius 1 is 1.24 bits per heavy atom. The molecule has 1 amide bonds. The normalized spacial score (nSPS) is 16.0. The second kappa shape index (κ2) is 10.1. The molecule has 178 valence electrons. The molecule has 0 saturated carbocycles. The average Bonchev–Trinajstić information content (AvgIpc) is 2.77. The molecule has 0 spiro atoms. The summed E-state index contributed by atoms with van der Waals surface area (Å²) in [7, 11) is 1.30. The number of para-hydroxylation sites is 1. The third-order valence-electron chi connectivity index (χ3n) is 4.98. The maximum absolute atomic E-state index is 13.1. The molecule has 34 heavy (non-hydrogen) atoms. The molecule has 0 radical (unpaired) electrons. The molecule has 2 heterocycles. The number of ether oxygens (including phenoxy) is 2. The number of pyridine rings is 1. The van der Waals surface area contributed by atoms with Gasteiger partial charge in [0.05, 0.1) is 35.5 Å². The molecular weight excluding hydrogens is 487 g/mol.